The van der Waals surface area contributed by atoms with Gasteiger partial charge in [0, 0.05) is 7.05 Å². The molecule has 2 rings (SSSR count). The summed E-state index contributed by atoms with van der Waals surface area (Å²) >= 11 is 0. The van der Waals surface area contributed by atoms with Gasteiger partial charge in [0.2, 0.25) is 0 Å². The van der Waals surface area contributed by atoms with Gasteiger partial charge in [0.15, 0.2) is 0 Å². The van der Waals surface area contributed by atoms with Gasteiger partial charge in [-0.05, 0) is 31.0 Å². The maximum absolute atomic E-state index is 8.69. The van der Waals surface area contributed by atoms with Gasteiger partial charge < -0.3 is 4.57 Å². The smallest absolute Gasteiger partial charge is 0.123 e. The van der Waals surface area contributed by atoms with Crippen molar-refractivity contribution in [2.45, 2.75) is 20.3 Å². The Hall–Kier alpha value is -1.82. The summed E-state index contributed by atoms with van der Waals surface area (Å²) in [4.78, 5) is 4.50. The second-order valence-electron chi connectivity index (χ2n) is 3.80. The molecule has 0 saturated carbocycles. The van der Waals surface area contributed by atoms with Gasteiger partial charge >= 0.3 is 0 Å². The van der Waals surface area contributed by atoms with Gasteiger partial charge in [0.25, 0.3) is 0 Å². The Morgan fingerprint density at radius 1 is 1.40 bits per heavy atom. The minimum atomic E-state index is 0.365. The van der Waals surface area contributed by atoms with E-state index >= 15 is 0 Å². The number of nitriles is 1. The third kappa shape index (κ3) is 1.39. The predicted molar refractivity (Wildman–Crippen MR) is 59.5 cm³/mol. The highest BCUT2D eigenvalue weighted by Gasteiger charge is 2.09. The van der Waals surface area contributed by atoms with Crippen molar-refractivity contribution < 1.29 is 0 Å². The first-order valence-corrected chi connectivity index (χ1v) is 4.93. The molecule has 1 heterocycles. The number of rotatable bonds is 1. The molecule has 76 valence electrons. The highest BCUT2D eigenvalue weighted by Crippen LogP contribution is 2.21. The summed E-state index contributed by atoms with van der Waals surface area (Å²) in [5.41, 5.74) is 4.56. The van der Waals surface area contributed by atoms with Crippen molar-refractivity contribution in [2.75, 3.05) is 0 Å². The van der Waals surface area contributed by atoms with E-state index in [2.05, 4.69) is 37.0 Å². The van der Waals surface area contributed by atoms with E-state index in [0.29, 0.717) is 6.42 Å². The standard InChI is InChI=1S/C12H13N3/c1-8-4-5-10-12(9(8)2)14-11(6-7-13)15(10)3/h4-5H,6H2,1-3H3. The van der Waals surface area contributed by atoms with Crippen LogP contribution >= 0.6 is 0 Å². The summed E-state index contributed by atoms with van der Waals surface area (Å²) in [5, 5.41) is 8.69. The molecule has 3 nitrogen and oxygen atoms in total. The first-order chi connectivity index (χ1) is 7.15. The third-order valence-corrected chi connectivity index (χ3v) is 2.91. The van der Waals surface area contributed by atoms with E-state index in [-0.39, 0.29) is 0 Å². The van der Waals surface area contributed by atoms with E-state index in [9.17, 15) is 0 Å². The molecule has 0 radical (unpaired) electrons. The van der Waals surface area contributed by atoms with Crippen molar-refractivity contribution >= 4 is 11.0 Å². The molecule has 0 spiro atoms. The summed E-state index contributed by atoms with van der Waals surface area (Å²) in [6.07, 6.45) is 0.365. The highest BCUT2D eigenvalue weighted by molar-refractivity contribution is 5.80. The largest absolute Gasteiger partial charge is 0.330 e. The molecule has 0 unspecified atom stereocenters. The third-order valence-electron chi connectivity index (χ3n) is 2.91. The van der Waals surface area contributed by atoms with Crippen LogP contribution in [0.15, 0.2) is 12.1 Å². The Kier molecular flexibility index (Phi) is 2.20. The van der Waals surface area contributed by atoms with Crippen LogP contribution in [0.3, 0.4) is 0 Å². The Labute approximate surface area is 89.0 Å². The van der Waals surface area contributed by atoms with Gasteiger partial charge in [0.05, 0.1) is 23.5 Å². The van der Waals surface area contributed by atoms with Crippen LogP contribution in [-0.2, 0) is 13.5 Å². The average molecular weight is 199 g/mol. The minimum absolute atomic E-state index is 0.365. The maximum atomic E-state index is 8.69. The molecule has 0 aliphatic carbocycles. The van der Waals surface area contributed by atoms with Crippen LogP contribution in [0.1, 0.15) is 17.0 Å². The van der Waals surface area contributed by atoms with Gasteiger partial charge in [-0.2, -0.15) is 5.26 Å². The summed E-state index contributed by atoms with van der Waals surface area (Å²) in [6.45, 7) is 4.15. The van der Waals surface area contributed by atoms with Crippen LogP contribution in [0.5, 0.6) is 0 Å². The molecule has 3 heteroatoms. The van der Waals surface area contributed by atoms with E-state index < -0.39 is 0 Å². The summed E-state index contributed by atoms with van der Waals surface area (Å²) in [5.74, 6) is 0.834. The molecule has 1 aromatic carbocycles. The van der Waals surface area contributed by atoms with Gasteiger partial charge in [0.1, 0.15) is 5.82 Å². The Morgan fingerprint density at radius 3 is 2.80 bits per heavy atom. The molecule has 0 saturated heterocycles. The molecule has 0 aliphatic heterocycles. The topological polar surface area (TPSA) is 41.6 Å². The monoisotopic (exact) mass is 199 g/mol. The van der Waals surface area contributed by atoms with Gasteiger partial charge in [-0.15, -0.1) is 0 Å². The summed E-state index contributed by atoms with van der Waals surface area (Å²) in [7, 11) is 1.96. The van der Waals surface area contributed by atoms with Crippen molar-refractivity contribution in [3.05, 3.63) is 29.1 Å². The molecular formula is C12H13N3. The van der Waals surface area contributed by atoms with Crippen molar-refractivity contribution in [3.8, 4) is 6.07 Å². The summed E-state index contributed by atoms with van der Waals surface area (Å²) < 4.78 is 1.99. The quantitative estimate of drug-likeness (QED) is 0.706. The zero-order chi connectivity index (χ0) is 11.0. The molecule has 0 atom stereocenters. The SMILES string of the molecule is Cc1ccc2c(nc(CC#N)n2C)c1C. The molecule has 15 heavy (non-hydrogen) atoms. The minimum Gasteiger partial charge on any atom is -0.330 e. The fourth-order valence-corrected chi connectivity index (χ4v) is 1.77. The summed E-state index contributed by atoms with van der Waals surface area (Å²) in [6, 6.07) is 6.29. The van der Waals surface area contributed by atoms with Crippen LogP contribution in [0.25, 0.3) is 11.0 Å². The van der Waals surface area contributed by atoms with Crippen molar-refractivity contribution in [1.29, 1.82) is 5.26 Å². The fourth-order valence-electron chi connectivity index (χ4n) is 1.77. The lowest BCUT2D eigenvalue weighted by Crippen LogP contribution is -1.95. The zero-order valence-corrected chi connectivity index (χ0v) is 9.20. The molecule has 2 aromatic rings. The second-order valence-corrected chi connectivity index (χ2v) is 3.80. The maximum Gasteiger partial charge on any atom is 0.123 e. The molecular weight excluding hydrogens is 186 g/mol. The van der Waals surface area contributed by atoms with E-state index in [1.807, 2.05) is 11.6 Å². The number of fused-ring (bicyclic) bond motifs is 1. The highest BCUT2D eigenvalue weighted by atomic mass is 15.1. The Balaban J connectivity index is 2.77. The van der Waals surface area contributed by atoms with Crippen molar-refractivity contribution in [2.24, 2.45) is 7.05 Å². The number of aryl methyl sites for hydroxylation is 3. The Bertz CT molecular complexity index is 558. The number of aromatic nitrogens is 2. The van der Waals surface area contributed by atoms with Crippen LogP contribution in [0.2, 0.25) is 0 Å². The molecule has 0 bridgehead atoms. The predicted octanol–water partition coefficient (Wildman–Crippen LogP) is 2.26. The van der Waals surface area contributed by atoms with E-state index in [1.165, 1.54) is 11.1 Å². The first-order valence-electron chi connectivity index (χ1n) is 4.93. The van der Waals surface area contributed by atoms with Gasteiger partial charge in [-0.1, -0.05) is 6.07 Å². The molecule has 1 aromatic heterocycles. The number of nitrogens with zero attached hydrogens (tertiary/aromatic N) is 3. The molecule has 0 aliphatic rings. The normalized spacial score (nSPS) is 10.5. The van der Waals surface area contributed by atoms with Crippen molar-refractivity contribution in [1.82, 2.24) is 9.55 Å². The lowest BCUT2D eigenvalue weighted by Gasteiger charge is -2.01. The van der Waals surface area contributed by atoms with E-state index in [0.717, 1.165) is 16.9 Å². The van der Waals surface area contributed by atoms with Crippen LogP contribution in [0.4, 0.5) is 0 Å². The van der Waals surface area contributed by atoms with Crippen LogP contribution < -0.4 is 0 Å². The average Bonchev–Trinajstić information content (AvgIpc) is 2.52. The lowest BCUT2D eigenvalue weighted by atomic mass is 10.1. The fraction of sp³-hybridized carbons (Fsp3) is 0.333. The van der Waals surface area contributed by atoms with Gasteiger partial charge in [-0.25, -0.2) is 4.98 Å². The first kappa shape index (κ1) is 9.72. The van der Waals surface area contributed by atoms with Crippen molar-refractivity contribution in [3.63, 3.8) is 0 Å². The molecule has 0 N–H and O–H groups in total. The van der Waals surface area contributed by atoms with E-state index in [4.69, 9.17) is 5.26 Å². The number of imidazole rings is 1. The van der Waals surface area contributed by atoms with Crippen LogP contribution in [0, 0.1) is 25.2 Å². The lowest BCUT2D eigenvalue weighted by molar-refractivity contribution is 0.857. The Morgan fingerprint density at radius 2 is 2.13 bits per heavy atom. The molecule has 0 fully saturated rings. The second kappa shape index (κ2) is 3.39. The number of hydrogen-bond acceptors (Lipinski definition) is 2. The van der Waals surface area contributed by atoms with Gasteiger partial charge in [-0.3, -0.25) is 0 Å². The van der Waals surface area contributed by atoms with Crippen LogP contribution in [-0.4, -0.2) is 9.55 Å². The van der Waals surface area contributed by atoms with E-state index in [1.54, 1.807) is 0 Å². The molecule has 0 amide bonds. The zero-order valence-electron chi connectivity index (χ0n) is 9.20. The number of benzene rings is 1. The number of hydrogen-bond donors (Lipinski definition) is 0.